The number of ether oxygens (including phenoxy) is 2. The molecule has 0 atom stereocenters. The van der Waals surface area contributed by atoms with Gasteiger partial charge in [0.25, 0.3) is 0 Å². The fraction of sp³-hybridized carbons (Fsp3) is 0.200. The SMILES string of the molecule is COC1=c2c(OC)cccc2=NC1=O. The van der Waals surface area contributed by atoms with Gasteiger partial charge in [0.05, 0.1) is 24.8 Å². The molecular weight excluding hydrogens is 182 g/mol. The van der Waals surface area contributed by atoms with Crippen molar-refractivity contribution < 1.29 is 14.3 Å². The predicted molar refractivity (Wildman–Crippen MR) is 49.2 cm³/mol. The van der Waals surface area contributed by atoms with Crippen LogP contribution >= 0.6 is 0 Å². The number of methoxy groups -OCH3 is 2. The molecule has 0 saturated heterocycles. The fourth-order valence-corrected chi connectivity index (χ4v) is 1.47. The maximum atomic E-state index is 11.3. The Morgan fingerprint density at radius 2 is 2.00 bits per heavy atom. The maximum absolute atomic E-state index is 11.3. The van der Waals surface area contributed by atoms with Crippen LogP contribution in [0.4, 0.5) is 0 Å². The van der Waals surface area contributed by atoms with Crippen molar-refractivity contribution in [3.63, 3.8) is 0 Å². The van der Waals surface area contributed by atoms with Crippen LogP contribution in [-0.4, -0.2) is 20.1 Å². The summed E-state index contributed by atoms with van der Waals surface area (Å²) in [6.07, 6.45) is 0. The van der Waals surface area contributed by atoms with E-state index in [4.69, 9.17) is 9.47 Å². The van der Waals surface area contributed by atoms with Gasteiger partial charge in [-0.1, -0.05) is 6.07 Å². The van der Waals surface area contributed by atoms with Gasteiger partial charge in [-0.05, 0) is 12.1 Å². The maximum Gasteiger partial charge on any atom is 0.313 e. The van der Waals surface area contributed by atoms with Crippen LogP contribution in [0.5, 0.6) is 5.75 Å². The van der Waals surface area contributed by atoms with Crippen LogP contribution < -0.4 is 15.3 Å². The first-order chi connectivity index (χ1) is 6.77. The van der Waals surface area contributed by atoms with E-state index < -0.39 is 0 Å². The molecule has 72 valence electrons. The first-order valence-corrected chi connectivity index (χ1v) is 4.12. The normalized spacial score (nSPS) is 13.6. The zero-order valence-electron chi connectivity index (χ0n) is 7.90. The lowest BCUT2D eigenvalue weighted by molar-refractivity contribution is -0.114. The molecule has 1 aliphatic rings. The molecule has 0 radical (unpaired) electrons. The van der Waals surface area contributed by atoms with E-state index in [1.165, 1.54) is 7.11 Å². The van der Waals surface area contributed by atoms with Crippen molar-refractivity contribution in [1.29, 1.82) is 0 Å². The van der Waals surface area contributed by atoms with Crippen molar-refractivity contribution in [3.8, 4) is 5.75 Å². The van der Waals surface area contributed by atoms with Gasteiger partial charge in [-0.15, -0.1) is 0 Å². The second kappa shape index (κ2) is 3.14. The fourth-order valence-electron chi connectivity index (χ4n) is 1.47. The minimum absolute atomic E-state index is 0.248. The molecule has 1 aromatic carbocycles. The minimum atomic E-state index is -0.355. The Kier molecular flexibility index (Phi) is 1.96. The predicted octanol–water partition coefficient (Wildman–Crippen LogP) is -0.390. The van der Waals surface area contributed by atoms with E-state index in [-0.39, 0.29) is 11.7 Å². The van der Waals surface area contributed by atoms with Gasteiger partial charge in [-0.2, -0.15) is 0 Å². The highest BCUT2D eigenvalue weighted by molar-refractivity contribution is 6.12. The average molecular weight is 191 g/mol. The second-order valence-corrected chi connectivity index (χ2v) is 2.80. The van der Waals surface area contributed by atoms with Gasteiger partial charge in [0.15, 0.2) is 5.76 Å². The third-order valence-corrected chi connectivity index (χ3v) is 2.07. The Balaban J connectivity index is 2.88. The Bertz CT molecular complexity index is 505. The van der Waals surface area contributed by atoms with Crippen LogP contribution in [0, 0.1) is 0 Å². The van der Waals surface area contributed by atoms with Crippen LogP contribution in [0.3, 0.4) is 0 Å². The lowest BCUT2D eigenvalue weighted by atomic mass is 10.2. The van der Waals surface area contributed by atoms with Crippen LogP contribution in [0.25, 0.3) is 5.76 Å². The second-order valence-electron chi connectivity index (χ2n) is 2.80. The molecule has 1 aromatic rings. The van der Waals surface area contributed by atoms with E-state index in [1.807, 2.05) is 0 Å². The van der Waals surface area contributed by atoms with Crippen molar-refractivity contribution >= 4 is 11.7 Å². The monoisotopic (exact) mass is 191 g/mol. The molecule has 0 saturated carbocycles. The summed E-state index contributed by atoms with van der Waals surface area (Å²) in [6.45, 7) is 0. The summed E-state index contributed by atoms with van der Waals surface area (Å²) in [7, 11) is 3.00. The highest BCUT2D eigenvalue weighted by atomic mass is 16.5. The van der Waals surface area contributed by atoms with Gasteiger partial charge in [0, 0.05) is 0 Å². The first-order valence-electron chi connectivity index (χ1n) is 4.12. The number of amides is 1. The number of hydrogen-bond acceptors (Lipinski definition) is 3. The lowest BCUT2D eigenvalue weighted by Crippen LogP contribution is -2.25. The summed E-state index contributed by atoms with van der Waals surface area (Å²) in [5.41, 5.74) is 0. The van der Waals surface area contributed by atoms with Crippen LogP contribution in [-0.2, 0) is 9.53 Å². The Morgan fingerprint density at radius 1 is 1.21 bits per heavy atom. The van der Waals surface area contributed by atoms with Gasteiger partial charge in [0.1, 0.15) is 5.75 Å². The van der Waals surface area contributed by atoms with Crippen molar-refractivity contribution in [2.45, 2.75) is 0 Å². The Labute approximate surface area is 80.5 Å². The molecule has 0 aliphatic carbocycles. The molecule has 2 rings (SSSR count). The van der Waals surface area contributed by atoms with Crippen molar-refractivity contribution in [3.05, 3.63) is 28.8 Å². The van der Waals surface area contributed by atoms with Gasteiger partial charge in [0.2, 0.25) is 0 Å². The van der Waals surface area contributed by atoms with E-state index >= 15 is 0 Å². The molecule has 0 bridgehead atoms. The number of carbonyl (C=O) groups is 1. The minimum Gasteiger partial charge on any atom is -0.496 e. The summed E-state index contributed by atoms with van der Waals surface area (Å²) in [5, 5.41) is 1.24. The molecule has 1 heterocycles. The summed E-state index contributed by atoms with van der Waals surface area (Å²) in [5.74, 6) is 0.499. The van der Waals surface area contributed by atoms with Gasteiger partial charge >= 0.3 is 5.91 Å². The number of rotatable bonds is 2. The summed E-state index contributed by atoms with van der Waals surface area (Å²) >= 11 is 0. The van der Waals surface area contributed by atoms with E-state index in [2.05, 4.69) is 4.99 Å². The zero-order valence-corrected chi connectivity index (χ0v) is 7.90. The topological polar surface area (TPSA) is 47.9 Å². The summed E-state index contributed by atoms with van der Waals surface area (Å²) < 4.78 is 10.1. The first kappa shape index (κ1) is 8.74. The molecule has 1 aliphatic heterocycles. The van der Waals surface area contributed by atoms with E-state index in [1.54, 1.807) is 25.3 Å². The highest BCUT2D eigenvalue weighted by Gasteiger charge is 2.19. The van der Waals surface area contributed by atoms with Crippen molar-refractivity contribution in [1.82, 2.24) is 0 Å². The molecule has 4 heteroatoms. The third-order valence-electron chi connectivity index (χ3n) is 2.07. The molecule has 0 spiro atoms. The molecule has 1 amide bonds. The summed E-state index contributed by atoms with van der Waals surface area (Å²) in [4.78, 5) is 15.2. The van der Waals surface area contributed by atoms with E-state index in [0.717, 1.165) is 0 Å². The number of benzene rings is 1. The molecule has 14 heavy (non-hydrogen) atoms. The average Bonchev–Trinajstić information content (AvgIpc) is 2.52. The smallest absolute Gasteiger partial charge is 0.313 e. The number of nitrogens with zero attached hydrogens (tertiary/aromatic N) is 1. The Morgan fingerprint density at radius 3 is 2.64 bits per heavy atom. The van der Waals surface area contributed by atoms with Gasteiger partial charge in [-0.3, -0.25) is 4.79 Å². The van der Waals surface area contributed by atoms with Crippen LogP contribution in [0.2, 0.25) is 0 Å². The largest absolute Gasteiger partial charge is 0.496 e. The van der Waals surface area contributed by atoms with Gasteiger partial charge in [-0.25, -0.2) is 4.99 Å². The standard InChI is InChI=1S/C10H9NO3/c1-13-7-5-3-4-6-8(7)9(14-2)10(12)11-6/h3-5H,1-2H3. The molecule has 0 aromatic heterocycles. The molecule has 0 fully saturated rings. The molecule has 0 N–H and O–H groups in total. The van der Waals surface area contributed by atoms with Gasteiger partial charge < -0.3 is 9.47 Å². The summed E-state index contributed by atoms with van der Waals surface area (Å²) in [6, 6.07) is 5.31. The molecule has 0 unspecified atom stereocenters. The van der Waals surface area contributed by atoms with Crippen molar-refractivity contribution in [2.75, 3.05) is 14.2 Å². The van der Waals surface area contributed by atoms with E-state index in [0.29, 0.717) is 16.3 Å². The Hall–Kier alpha value is -1.84. The quantitative estimate of drug-likeness (QED) is 0.639. The van der Waals surface area contributed by atoms with E-state index in [9.17, 15) is 4.79 Å². The molecular formula is C10H9NO3. The zero-order chi connectivity index (χ0) is 10.1. The van der Waals surface area contributed by atoms with Crippen molar-refractivity contribution in [2.24, 2.45) is 4.99 Å². The third kappa shape index (κ3) is 1.08. The highest BCUT2D eigenvalue weighted by Crippen LogP contribution is 2.07. The molecule has 4 nitrogen and oxygen atoms in total. The number of carbonyl (C=O) groups excluding carboxylic acids is 1. The lowest BCUT2D eigenvalue weighted by Gasteiger charge is -2.00. The van der Waals surface area contributed by atoms with Crippen LogP contribution in [0.1, 0.15) is 0 Å². The number of hydrogen-bond donors (Lipinski definition) is 0. The number of fused-ring (bicyclic) bond motifs is 1. The van der Waals surface area contributed by atoms with Crippen LogP contribution in [0.15, 0.2) is 23.2 Å².